The Bertz CT molecular complexity index is 276. The Labute approximate surface area is 133 Å². The molecule has 0 aromatic rings. The van der Waals surface area contributed by atoms with E-state index in [2.05, 4.69) is 56.7 Å². The molecular formula is C18H39N3. The Morgan fingerprint density at radius 2 is 1.95 bits per heavy atom. The third-order valence-electron chi connectivity index (χ3n) is 4.98. The van der Waals surface area contributed by atoms with E-state index in [-0.39, 0.29) is 0 Å². The standard InChI is InChI=1S/C18H39N3/c1-7-11-21(13-10-19-16(3)4)14-17-9-12-20(8-2)15-18(17,5)6/h16-17,19H,7-15H2,1-6H3. The van der Waals surface area contributed by atoms with Crippen molar-refractivity contribution in [3.8, 4) is 0 Å². The summed E-state index contributed by atoms with van der Waals surface area (Å²) in [4.78, 5) is 5.30. The zero-order valence-corrected chi connectivity index (χ0v) is 15.4. The van der Waals surface area contributed by atoms with Crippen LogP contribution in [0.25, 0.3) is 0 Å². The monoisotopic (exact) mass is 297 g/mol. The molecule has 1 heterocycles. The van der Waals surface area contributed by atoms with Gasteiger partial charge in [0.05, 0.1) is 0 Å². The molecule has 1 fully saturated rings. The minimum atomic E-state index is 0.450. The number of nitrogens with zero attached hydrogens (tertiary/aromatic N) is 2. The van der Waals surface area contributed by atoms with E-state index in [0.29, 0.717) is 11.5 Å². The van der Waals surface area contributed by atoms with Crippen LogP contribution in [-0.2, 0) is 0 Å². The summed E-state index contributed by atoms with van der Waals surface area (Å²) in [6.07, 6.45) is 2.62. The van der Waals surface area contributed by atoms with Crippen LogP contribution in [0, 0.1) is 11.3 Å². The van der Waals surface area contributed by atoms with Crippen LogP contribution in [0.15, 0.2) is 0 Å². The Morgan fingerprint density at radius 3 is 2.48 bits per heavy atom. The molecule has 0 radical (unpaired) electrons. The second kappa shape index (κ2) is 9.12. The van der Waals surface area contributed by atoms with Gasteiger partial charge in [-0.2, -0.15) is 0 Å². The van der Waals surface area contributed by atoms with E-state index in [0.717, 1.165) is 12.5 Å². The van der Waals surface area contributed by atoms with Gasteiger partial charge in [-0.3, -0.25) is 0 Å². The van der Waals surface area contributed by atoms with Gasteiger partial charge in [-0.1, -0.05) is 41.5 Å². The maximum absolute atomic E-state index is 3.56. The number of hydrogen-bond acceptors (Lipinski definition) is 3. The lowest BCUT2D eigenvalue weighted by Crippen LogP contribution is -2.50. The molecule has 0 amide bonds. The van der Waals surface area contributed by atoms with Crippen LogP contribution in [0.5, 0.6) is 0 Å². The van der Waals surface area contributed by atoms with Crippen LogP contribution < -0.4 is 5.32 Å². The second-order valence-corrected chi connectivity index (χ2v) is 7.75. The molecule has 0 bridgehead atoms. The lowest BCUT2D eigenvalue weighted by atomic mass is 9.73. The number of hydrogen-bond donors (Lipinski definition) is 1. The van der Waals surface area contributed by atoms with Crippen molar-refractivity contribution in [1.29, 1.82) is 0 Å². The van der Waals surface area contributed by atoms with E-state index >= 15 is 0 Å². The molecule has 3 heteroatoms. The van der Waals surface area contributed by atoms with Crippen molar-refractivity contribution in [1.82, 2.24) is 15.1 Å². The summed E-state index contributed by atoms with van der Waals surface area (Å²) in [6, 6.07) is 0.595. The topological polar surface area (TPSA) is 18.5 Å². The first-order chi connectivity index (χ1) is 9.89. The Morgan fingerprint density at radius 1 is 1.24 bits per heavy atom. The molecule has 126 valence electrons. The molecular weight excluding hydrogens is 258 g/mol. The number of rotatable bonds is 9. The van der Waals surface area contributed by atoms with Crippen molar-refractivity contribution >= 4 is 0 Å². The van der Waals surface area contributed by atoms with Crippen LogP contribution >= 0.6 is 0 Å². The highest BCUT2D eigenvalue weighted by molar-refractivity contribution is 4.88. The smallest absolute Gasteiger partial charge is 0.0107 e. The third-order valence-corrected chi connectivity index (χ3v) is 4.98. The van der Waals surface area contributed by atoms with E-state index < -0.39 is 0 Å². The van der Waals surface area contributed by atoms with Crippen molar-refractivity contribution < 1.29 is 0 Å². The largest absolute Gasteiger partial charge is 0.313 e. The normalized spacial score (nSPS) is 23.1. The fourth-order valence-electron chi connectivity index (χ4n) is 3.56. The van der Waals surface area contributed by atoms with Gasteiger partial charge >= 0.3 is 0 Å². The molecule has 1 aliphatic rings. The van der Waals surface area contributed by atoms with Gasteiger partial charge in [0.2, 0.25) is 0 Å². The van der Waals surface area contributed by atoms with Crippen LogP contribution in [0.4, 0.5) is 0 Å². The molecule has 1 N–H and O–H groups in total. The summed E-state index contributed by atoms with van der Waals surface area (Å²) in [6.45, 7) is 22.6. The van der Waals surface area contributed by atoms with Gasteiger partial charge in [-0.15, -0.1) is 0 Å². The molecule has 1 aliphatic heterocycles. The highest BCUT2D eigenvalue weighted by Crippen LogP contribution is 2.35. The zero-order chi connectivity index (χ0) is 15.9. The summed E-state index contributed by atoms with van der Waals surface area (Å²) in [5, 5.41) is 3.56. The minimum absolute atomic E-state index is 0.450. The highest BCUT2D eigenvalue weighted by atomic mass is 15.2. The van der Waals surface area contributed by atoms with Crippen molar-refractivity contribution in [2.24, 2.45) is 11.3 Å². The molecule has 1 atom stereocenters. The lowest BCUT2D eigenvalue weighted by molar-refractivity contribution is 0.0349. The van der Waals surface area contributed by atoms with Crippen LogP contribution in [0.3, 0.4) is 0 Å². The fraction of sp³-hybridized carbons (Fsp3) is 1.00. The second-order valence-electron chi connectivity index (χ2n) is 7.75. The van der Waals surface area contributed by atoms with E-state index in [9.17, 15) is 0 Å². The quantitative estimate of drug-likeness (QED) is 0.705. The van der Waals surface area contributed by atoms with Gasteiger partial charge < -0.3 is 15.1 Å². The lowest BCUT2D eigenvalue weighted by Gasteiger charge is -2.46. The van der Waals surface area contributed by atoms with Gasteiger partial charge in [0, 0.05) is 32.2 Å². The zero-order valence-electron chi connectivity index (χ0n) is 15.4. The SMILES string of the molecule is CCCN(CCNC(C)C)CC1CCN(CC)CC1(C)C. The molecule has 21 heavy (non-hydrogen) atoms. The summed E-state index contributed by atoms with van der Waals surface area (Å²) in [5.74, 6) is 0.839. The molecule has 0 aromatic carbocycles. The Kier molecular flexibility index (Phi) is 8.22. The van der Waals surface area contributed by atoms with E-state index in [1.54, 1.807) is 0 Å². The van der Waals surface area contributed by atoms with Gasteiger partial charge in [0.25, 0.3) is 0 Å². The minimum Gasteiger partial charge on any atom is -0.313 e. The summed E-state index contributed by atoms with van der Waals surface area (Å²) >= 11 is 0. The van der Waals surface area contributed by atoms with Crippen molar-refractivity contribution in [2.75, 3.05) is 45.8 Å². The van der Waals surface area contributed by atoms with Gasteiger partial charge in [-0.25, -0.2) is 0 Å². The van der Waals surface area contributed by atoms with E-state index in [1.165, 1.54) is 52.1 Å². The average molecular weight is 298 g/mol. The first-order valence-electron chi connectivity index (χ1n) is 9.07. The molecule has 0 aromatic heterocycles. The summed E-state index contributed by atoms with van der Waals surface area (Å²) < 4.78 is 0. The van der Waals surface area contributed by atoms with E-state index in [4.69, 9.17) is 0 Å². The molecule has 0 saturated carbocycles. The fourth-order valence-corrected chi connectivity index (χ4v) is 3.56. The predicted octanol–water partition coefficient (Wildman–Crippen LogP) is 3.06. The molecule has 0 spiro atoms. The Hall–Kier alpha value is -0.120. The highest BCUT2D eigenvalue weighted by Gasteiger charge is 2.35. The van der Waals surface area contributed by atoms with Crippen LogP contribution in [0.1, 0.15) is 54.4 Å². The Balaban J connectivity index is 2.49. The van der Waals surface area contributed by atoms with Gasteiger partial charge in [0.1, 0.15) is 0 Å². The number of piperidine rings is 1. The molecule has 3 nitrogen and oxygen atoms in total. The summed E-state index contributed by atoms with van der Waals surface area (Å²) in [5.41, 5.74) is 0.450. The molecule has 1 unspecified atom stereocenters. The number of nitrogens with one attached hydrogen (secondary N) is 1. The number of likely N-dealkylation sites (tertiary alicyclic amines) is 1. The molecule has 1 saturated heterocycles. The summed E-state index contributed by atoms with van der Waals surface area (Å²) in [7, 11) is 0. The van der Waals surface area contributed by atoms with E-state index in [1.807, 2.05) is 0 Å². The maximum Gasteiger partial charge on any atom is 0.0107 e. The van der Waals surface area contributed by atoms with Crippen molar-refractivity contribution in [3.63, 3.8) is 0 Å². The average Bonchev–Trinajstić information content (AvgIpc) is 2.40. The van der Waals surface area contributed by atoms with Crippen molar-refractivity contribution in [3.05, 3.63) is 0 Å². The molecule has 0 aliphatic carbocycles. The first-order valence-corrected chi connectivity index (χ1v) is 9.07. The maximum atomic E-state index is 3.56. The predicted molar refractivity (Wildman–Crippen MR) is 93.9 cm³/mol. The first kappa shape index (κ1) is 18.9. The van der Waals surface area contributed by atoms with Crippen LogP contribution in [0.2, 0.25) is 0 Å². The van der Waals surface area contributed by atoms with Crippen molar-refractivity contribution in [2.45, 2.75) is 60.4 Å². The van der Waals surface area contributed by atoms with Gasteiger partial charge in [-0.05, 0) is 43.8 Å². The third kappa shape index (κ3) is 6.66. The van der Waals surface area contributed by atoms with Gasteiger partial charge in [0.15, 0.2) is 0 Å². The van der Waals surface area contributed by atoms with Crippen LogP contribution in [-0.4, -0.2) is 61.7 Å². The molecule has 1 rings (SSSR count).